The van der Waals surface area contributed by atoms with Gasteiger partial charge in [-0.25, -0.2) is 9.96 Å². The Balaban J connectivity index is 1.63. The van der Waals surface area contributed by atoms with Gasteiger partial charge in [-0.05, 0) is 48.9 Å². The maximum Gasteiger partial charge on any atom is 0.266 e. The molecule has 0 N–H and O–H groups in total. The Bertz CT molecular complexity index is 1120. The van der Waals surface area contributed by atoms with Crippen LogP contribution < -0.4 is 14.7 Å². The highest BCUT2D eigenvalue weighted by Gasteiger charge is 2.68. The largest absolute Gasteiger partial charge is 0.497 e. The normalized spacial score (nSPS) is 25.1. The predicted octanol–water partition coefficient (Wildman–Crippen LogP) is 4.14. The monoisotopic (exact) mass is 414 g/mol. The smallest absolute Gasteiger partial charge is 0.266 e. The molecule has 31 heavy (non-hydrogen) atoms. The summed E-state index contributed by atoms with van der Waals surface area (Å²) in [5.74, 6) is 0.0963. The van der Waals surface area contributed by atoms with Gasteiger partial charge in [0.05, 0.1) is 24.5 Å². The Kier molecular flexibility index (Phi) is 4.52. The van der Waals surface area contributed by atoms with Gasteiger partial charge < -0.3 is 4.74 Å². The van der Waals surface area contributed by atoms with Gasteiger partial charge in [0.15, 0.2) is 6.10 Å². The molecule has 5 rings (SSSR count). The third-order valence-corrected chi connectivity index (χ3v) is 6.13. The second-order valence-electron chi connectivity index (χ2n) is 7.92. The number of hydrogen-bond donors (Lipinski definition) is 0. The zero-order chi connectivity index (χ0) is 21.6. The second kappa shape index (κ2) is 7.25. The fraction of sp³-hybridized carbons (Fsp3) is 0.200. The molecule has 0 aliphatic carbocycles. The van der Waals surface area contributed by atoms with E-state index in [2.05, 4.69) is 0 Å². The van der Waals surface area contributed by atoms with Crippen molar-refractivity contribution in [3.63, 3.8) is 0 Å². The number of carbonyl (C=O) groups is 2. The molecule has 0 radical (unpaired) electrons. The number of fused-ring (bicyclic) bond motifs is 1. The maximum atomic E-state index is 13.8. The van der Waals surface area contributed by atoms with Crippen LogP contribution in [0.1, 0.15) is 18.5 Å². The minimum absolute atomic E-state index is 0.270. The van der Waals surface area contributed by atoms with Crippen molar-refractivity contribution in [3.8, 4) is 5.75 Å². The van der Waals surface area contributed by atoms with Crippen LogP contribution in [0.4, 0.5) is 11.4 Å². The van der Waals surface area contributed by atoms with Crippen LogP contribution >= 0.6 is 0 Å². The fourth-order valence-electron chi connectivity index (χ4n) is 4.53. The van der Waals surface area contributed by atoms with E-state index in [1.54, 1.807) is 24.3 Å². The van der Waals surface area contributed by atoms with Crippen LogP contribution in [0, 0.1) is 5.41 Å². The van der Waals surface area contributed by atoms with Crippen LogP contribution in [-0.4, -0.2) is 25.0 Å². The summed E-state index contributed by atoms with van der Waals surface area (Å²) in [5.41, 5.74) is 1.10. The molecule has 0 bridgehead atoms. The molecule has 156 valence electrons. The van der Waals surface area contributed by atoms with E-state index in [9.17, 15) is 9.59 Å². The Morgan fingerprint density at radius 1 is 0.839 bits per heavy atom. The summed E-state index contributed by atoms with van der Waals surface area (Å²) >= 11 is 0. The van der Waals surface area contributed by atoms with E-state index < -0.39 is 17.6 Å². The highest BCUT2D eigenvalue weighted by atomic mass is 16.7. The van der Waals surface area contributed by atoms with Gasteiger partial charge in [-0.3, -0.25) is 14.4 Å². The summed E-state index contributed by atoms with van der Waals surface area (Å²) in [7, 11) is 1.61. The highest BCUT2D eigenvalue weighted by molar-refractivity contribution is 6.25. The van der Waals surface area contributed by atoms with E-state index in [1.807, 2.05) is 79.7 Å². The van der Waals surface area contributed by atoms with E-state index in [0.717, 1.165) is 17.0 Å². The maximum absolute atomic E-state index is 13.8. The van der Waals surface area contributed by atoms with Gasteiger partial charge in [0.2, 0.25) is 5.91 Å². The number of benzene rings is 3. The Morgan fingerprint density at radius 3 is 2.00 bits per heavy atom. The van der Waals surface area contributed by atoms with Gasteiger partial charge in [0.1, 0.15) is 11.2 Å². The number of anilines is 2. The molecule has 0 spiro atoms. The number of methoxy groups -OCH3 is 1. The van der Waals surface area contributed by atoms with Crippen LogP contribution in [0.3, 0.4) is 0 Å². The summed E-state index contributed by atoms with van der Waals surface area (Å²) in [4.78, 5) is 34.6. The number of hydroxylamine groups is 1. The lowest BCUT2D eigenvalue weighted by atomic mass is 9.76. The topological polar surface area (TPSA) is 59.1 Å². The standard InChI is InChI=1S/C25H22N2O4/c1-25-21(17-13-15-20(30-2)16-14-17)27(19-11-7-4-8-12-19)31-22(25)23(28)26(24(25)29)18-9-5-3-6-10-18/h3-16,21-22H,1-2H3/t21-,22+,25+/m0/s1. The lowest BCUT2D eigenvalue weighted by Gasteiger charge is -2.32. The quantitative estimate of drug-likeness (QED) is 0.601. The molecule has 0 aromatic heterocycles. The molecular weight excluding hydrogens is 392 g/mol. The van der Waals surface area contributed by atoms with Crippen LogP contribution in [0.2, 0.25) is 0 Å². The minimum atomic E-state index is -1.10. The van der Waals surface area contributed by atoms with Crippen molar-refractivity contribution < 1.29 is 19.2 Å². The van der Waals surface area contributed by atoms with Gasteiger partial charge in [-0.15, -0.1) is 0 Å². The van der Waals surface area contributed by atoms with E-state index in [-0.39, 0.29) is 11.8 Å². The van der Waals surface area contributed by atoms with Crippen molar-refractivity contribution in [2.24, 2.45) is 5.41 Å². The number of ether oxygens (including phenoxy) is 1. The SMILES string of the molecule is COc1ccc([C@@H]2N(c3ccccc3)O[C@@H]3C(=O)N(c4ccccc4)C(=O)[C@@]32C)cc1. The molecule has 6 heteroatoms. The van der Waals surface area contributed by atoms with Gasteiger partial charge in [-0.1, -0.05) is 48.5 Å². The Morgan fingerprint density at radius 2 is 1.42 bits per heavy atom. The minimum Gasteiger partial charge on any atom is -0.497 e. The number of rotatable bonds is 4. The lowest BCUT2D eigenvalue weighted by Crippen LogP contribution is -2.41. The molecular formula is C25H22N2O4. The first-order chi connectivity index (χ1) is 15.1. The summed E-state index contributed by atoms with van der Waals surface area (Å²) in [6.07, 6.45) is -0.924. The molecule has 2 aliphatic rings. The number of nitrogens with zero attached hydrogens (tertiary/aromatic N) is 2. The second-order valence-corrected chi connectivity index (χ2v) is 7.92. The Labute approximate surface area is 180 Å². The van der Waals surface area contributed by atoms with Gasteiger partial charge in [-0.2, -0.15) is 0 Å². The summed E-state index contributed by atoms with van der Waals surface area (Å²) in [6.45, 7) is 1.82. The summed E-state index contributed by atoms with van der Waals surface area (Å²) < 4.78 is 5.29. The van der Waals surface area contributed by atoms with E-state index >= 15 is 0 Å². The first-order valence-electron chi connectivity index (χ1n) is 10.1. The number of para-hydroxylation sites is 2. The predicted molar refractivity (Wildman–Crippen MR) is 117 cm³/mol. The lowest BCUT2D eigenvalue weighted by molar-refractivity contribution is -0.128. The third kappa shape index (κ3) is 2.83. The molecule has 3 atom stereocenters. The molecule has 2 fully saturated rings. The molecule has 0 saturated carbocycles. The first kappa shape index (κ1) is 19.3. The van der Waals surface area contributed by atoms with Gasteiger partial charge in [0, 0.05) is 0 Å². The third-order valence-electron chi connectivity index (χ3n) is 6.13. The van der Waals surface area contributed by atoms with Crippen molar-refractivity contribution in [1.82, 2.24) is 0 Å². The van der Waals surface area contributed by atoms with Crippen LogP contribution in [-0.2, 0) is 14.4 Å². The van der Waals surface area contributed by atoms with Crippen molar-refractivity contribution in [1.29, 1.82) is 0 Å². The van der Waals surface area contributed by atoms with Gasteiger partial charge >= 0.3 is 0 Å². The van der Waals surface area contributed by atoms with Crippen molar-refractivity contribution in [2.45, 2.75) is 19.1 Å². The molecule has 2 saturated heterocycles. The first-order valence-corrected chi connectivity index (χ1v) is 10.1. The molecule has 2 amide bonds. The molecule has 6 nitrogen and oxygen atoms in total. The van der Waals surface area contributed by atoms with Crippen LogP contribution in [0.15, 0.2) is 84.9 Å². The molecule has 3 aromatic rings. The van der Waals surface area contributed by atoms with Gasteiger partial charge in [0.25, 0.3) is 5.91 Å². The van der Waals surface area contributed by atoms with E-state index in [1.165, 1.54) is 4.90 Å². The molecule has 2 aliphatic heterocycles. The Hall–Kier alpha value is -3.64. The number of imide groups is 1. The van der Waals surface area contributed by atoms with Crippen LogP contribution in [0.5, 0.6) is 5.75 Å². The summed E-state index contributed by atoms with van der Waals surface area (Å²) in [6, 6.07) is 25.6. The van der Waals surface area contributed by atoms with Crippen LogP contribution in [0.25, 0.3) is 0 Å². The summed E-state index contributed by atoms with van der Waals surface area (Å²) in [5, 5.41) is 1.70. The fourth-order valence-corrected chi connectivity index (χ4v) is 4.53. The average molecular weight is 414 g/mol. The number of amides is 2. The zero-order valence-electron chi connectivity index (χ0n) is 17.3. The zero-order valence-corrected chi connectivity index (χ0v) is 17.3. The molecule has 2 heterocycles. The number of hydrogen-bond acceptors (Lipinski definition) is 5. The highest BCUT2D eigenvalue weighted by Crippen LogP contribution is 2.55. The van der Waals surface area contributed by atoms with Crippen molar-refractivity contribution in [3.05, 3.63) is 90.5 Å². The van der Waals surface area contributed by atoms with E-state index in [0.29, 0.717) is 5.69 Å². The molecule has 3 aromatic carbocycles. The molecule has 0 unspecified atom stereocenters. The number of carbonyl (C=O) groups excluding carboxylic acids is 2. The van der Waals surface area contributed by atoms with Crippen molar-refractivity contribution in [2.75, 3.05) is 17.1 Å². The van der Waals surface area contributed by atoms with Crippen molar-refractivity contribution >= 4 is 23.2 Å². The average Bonchev–Trinajstić information content (AvgIpc) is 3.23. The van der Waals surface area contributed by atoms with E-state index in [4.69, 9.17) is 9.57 Å².